The number of imide groups is 1. The van der Waals surface area contributed by atoms with Gasteiger partial charge in [0.25, 0.3) is 5.91 Å². The lowest BCUT2D eigenvalue weighted by atomic mass is 9.82. The lowest BCUT2D eigenvalue weighted by Crippen LogP contribution is -2.54. The van der Waals surface area contributed by atoms with E-state index in [9.17, 15) is 9.59 Å². The second-order valence-electron chi connectivity index (χ2n) is 3.91. The van der Waals surface area contributed by atoms with Gasteiger partial charge in [-0.15, -0.1) is 0 Å². The molecule has 0 aromatic heterocycles. The number of ether oxygens (including phenoxy) is 1. The Labute approximate surface area is 74.8 Å². The van der Waals surface area contributed by atoms with Gasteiger partial charge in [-0.05, 0) is 12.8 Å². The second-order valence-corrected chi connectivity index (χ2v) is 3.91. The van der Waals surface area contributed by atoms with Crippen molar-refractivity contribution < 1.29 is 14.3 Å². The molecule has 70 valence electrons. The third-order valence-electron chi connectivity index (χ3n) is 3.18. The van der Waals surface area contributed by atoms with Crippen molar-refractivity contribution in [1.29, 1.82) is 0 Å². The summed E-state index contributed by atoms with van der Waals surface area (Å²) in [5.74, 6) is -0.218. The van der Waals surface area contributed by atoms with Crippen molar-refractivity contribution in [2.24, 2.45) is 0 Å². The predicted molar refractivity (Wildman–Crippen MR) is 41.9 cm³/mol. The van der Waals surface area contributed by atoms with Gasteiger partial charge < -0.3 is 10.1 Å². The van der Waals surface area contributed by atoms with E-state index in [1.165, 1.54) is 0 Å². The Morgan fingerprint density at radius 3 is 2.69 bits per heavy atom. The third kappa shape index (κ3) is 0.751. The minimum absolute atomic E-state index is 0.107. The minimum atomic E-state index is -0.736. The number of urea groups is 1. The maximum Gasteiger partial charge on any atom is 0.322 e. The Bertz CT molecular complexity index is 304. The van der Waals surface area contributed by atoms with E-state index < -0.39 is 5.54 Å². The van der Waals surface area contributed by atoms with Gasteiger partial charge in [0, 0.05) is 6.42 Å². The van der Waals surface area contributed by atoms with E-state index >= 15 is 0 Å². The Morgan fingerprint density at radius 1 is 1.38 bits per heavy atom. The van der Waals surface area contributed by atoms with Gasteiger partial charge in [0.2, 0.25) is 0 Å². The SMILES string of the molecule is O=C1NC(=O)C2(CC3CCC2O3)N1. The Morgan fingerprint density at radius 2 is 2.23 bits per heavy atom. The number of carbonyl (C=O) groups is 2. The summed E-state index contributed by atoms with van der Waals surface area (Å²) in [6, 6.07) is -0.388. The largest absolute Gasteiger partial charge is 0.372 e. The fourth-order valence-electron chi connectivity index (χ4n) is 2.58. The number of rotatable bonds is 0. The topological polar surface area (TPSA) is 67.4 Å². The summed E-state index contributed by atoms with van der Waals surface area (Å²) in [5, 5.41) is 4.95. The highest BCUT2D eigenvalue weighted by Gasteiger charge is 2.61. The van der Waals surface area contributed by atoms with Crippen LogP contribution in [0.4, 0.5) is 4.79 Å². The van der Waals surface area contributed by atoms with Gasteiger partial charge in [-0.3, -0.25) is 10.1 Å². The predicted octanol–water partition coefficient (Wildman–Crippen LogP) is -0.484. The quantitative estimate of drug-likeness (QED) is 0.497. The van der Waals surface area contributed by atoms with Gasteiger partial charge in [-0.2, -0.15) is 0 Å². The number of amides is 3. The molecular formula is C8H10N2O3. The minimum Gasteiger partial charge on any atom is -0.372 e. The molecule has 0 aliphatic carbocycles. The van der Waals surface area contributed by atoms with Crippen LogP contribution in [0.1, 0.15) is 19.3 Å². The molecule has 3 unspecified atom stereocenters. The molecule has 3 rings (SSSR count). The number of nitrogens with one attached hydrogen (secondary N) is 2. The van der Waals surface area contributed by atoms with Crippen LogP contribution >= 0.6 is 0 Å². The van der Waals surface area contributed by atoms with Crippen LogP contribution in [0.2, 0.25) is 0 Å². The molecule has 5 heteroatoms. The molecule has 2 N–H and O–H groups in total. The van der Waals surface area contributed by atoms with Crippen molar-refractivity contribution in [3.05, 3.63) is 0 Å². The molecule has 0 radical (unpaired) electrons. The molecule has 5 nitrogen and oxygen atoms in total. The fraction of sp³-hybridized carbons (Fsp3) is 0.750. The van der Waals surface area contributed by atoms with Crippen molar-refractivity contribution in [3.8, 4) is 0 Å². The first-order valence-corrected chi connectivity index (χ1v) is 4.50. The molecule has 2 bridgehead atoms. The van der Waals surface area contributed by atoms with Crippen molar-refractivity contribution in [2.75, 3.05) is 0 Å². The van der Waals surface area contributed by atoms with E-state index in [0.29, 0.717) is 6.42 Å². The van der Waals surface area contributed by atoms with E-state index in [1.807, 2.05) is 0 Å². The van der Waals surface area contributed by atoms with Crippen LogP contribution in [-0.2, 0) is 9.53 Å². The van der Waals surface area contributed by atoms with Gasteiger partial charge in [0.05, 0.1) is 12.2 Å². The summed E-state index contributed by atoms with van der Waals surface area (Å²) < 4.78 is 5.55. The molecule has 3 aliphatic heterocycles. The first-order valence-electron chi connectivity index (χ1n) is 4.50. The molecule has 3 fully saturated rings. The zero-order chi connectivity index (χ0) is 9.05. The van der Waals surface area contributed by atoms with E-state index in [1.54, 1.807) is 0 Å². The molecule has 3 aliphatic rings. The van der Waals surface area contributed by atoms with Crippen molar-refractivity contribution in [2.45, 2.75) is 37.0 Å². The van der Waals surface area contributed by atoms with E-state index in [-0.39, 0.29) is 24.1 Å². The standard InChI is InChI=1S/C8H10N2O3/c11-6-8(10-7(12)9-6)3-4-1-2-5(8)13-4/h4-5H,1-3H2,(H2,9,10,11,12). The van der Waals surface area contributed by atoms with Gasteiger partial charge in [-0.25, -0.2) is 4.79 Å². The average Bonchev–Trinajstić information content (AvgIpc) is 2.68. The molecule has 13 heavy (non-hydrogen) atoms. The summed E-state index contributed by atoms with van der Waals surface area (Å²) in [7, 11) is 0. The van der Waals surface area contributed by atoms with Crippen molar-refractivity contribution >= 4 is 11.9 Å². The summed E-state index contributed by atoms with van der Waals surface area (Å²) >= 11 is 0. The summed E-state index contributed by atoms with van der Waals surface area (Å²) in [5.41, 5.74) is -0.736. The number of hydrogen-bond acceptors (Lipinski definition) is 3. The molecule has 0 aromatic rings. The lowest BCUT2D eigenvalue weighted by molar-refractivity contribution is -0.125. The number of carbonyl (C=O) groups excluding carboxylic acids is 2. The molecule has 1 spiro atoms. The van der Waals surface area contributed by atoms with Crippen LogP contribution in [0.15, 0.2) is 0 Å². The van der Waals surface area contributed by atoms with Gasteiger partial charge >= 0.3 is 6.03 Å². The lowest BCUT2D eigenvalue weighted by Gasteiger charge is -2.26. The maximum atomic E-state index is 11.5. The normalized spacial score (nSPS) is 47.1. The van der Waals surface area contributed by atoms with Crippen LogP contribution < -0.4 is 10.6 Å². The van der Waals surface area contributed by atoms with Gasteiger partial charge in [0.1, 0.15) is 5.54 Å². The average molecular weight is 182 g/mol. The maximum absolute atomic E-state index is 11.5. The molecule has 0 aromatic carbocycles. The first-order chi connectivity index (χ1) is 6.21. The first kappa shape index (κ1) is 7.32. The van der Waals surface area contributed by atoms with Crippen molar-refractivity contribution in [3.63, 3.8) is 0 Å². The second kappa shape index (κ2) is 2.04. The smallest absolute Gasteiger partial charge is 0.322 e. The van der Waals surface area contributed by atoms with Crippen LogP contribution in [0.5, 0.6) is 0 Å². The highest BCUT2D eigenvalue weighted by Crippen LogP contribution is 2.42. The summed E-state index contributed by atoms with van der Waals surface area (Å²) in [6.07, 6.45) is 2.57. The van der Waals surface area contributed by atoms with Crippen LogP contribution in [0.25, 0.3) is 0 Å². The molecule has 3 amide bonds. The Hall–Kier alpha value is -1.10. The third-order valence-corrected chi connectivity index (χ3v) is 3.18. The number of fused-ring (bicyclic) bond motifs is 3. The monoisotopic (exact) mass is 182 g/mol. The van der Waals surface area contributed by atoms with E-state index in [2.05, 4.69) is 10.6 Å². The summed E-state index contributed by atoms with van der Waals surface area (Å²) in [4.78, 5) is 22.5. The van der Waals surface area contributed by atoms with Crippen LogP contribution in [0, 0.1) is 0 Å². The van der Waals surface area contributed by atoms with Crippen molar-refractivity contribution in [1.82, 2.24) is 10.6 Å². The molecule has 3 heterocycles. The highest BCUT2D eigenvalue weighted by molar-refractivity contribution is 6.07. The van der Waals surface area contributed by atoms with E-state index in [0.717, 1.165) is 12.8 Å². The fourth-order valence-corrected chi connectivity index (χ4v) is 2.58. The van der Waals surface area contributed by atoms with Gasteiger partial charge in [0.15, 0.2) is 0 Å². The molecule has 3 saturated heterocycles. The zero-order valence-corrected chi connectivity index (χ0v) is 7.00. The highest BCUT2D eigenvalue weighted by atomic mass is 16.5. The zero-order valence-electron chi connectivity index (χ0n) is 7.00. The molecule has 3 atom stereocenters. The summed E-state index contributed by atoms with van der Waals surface area (Å²) in [6.45, 7) is 0. The Kier molecular flexibility index (Phi) is 1.15. The van der Waals surface area contributed by atoms with Gasteiger partial charge in [-0.1, -0.05) is 0 Å². The Balaban J connectivity index is 1.98. The van der Waals surface area contributed by atoms with Crippen LogP contribution in [-0.4, -0.2) is 29.7 Å². The van der Waals surface area contributed by atoms with Crippen LogP contribution in [0.3, 0.4) is 0 Å². The molecular weight excluding hydrogens is 172 g/mol. The molecule has 0 saturated carbocycles. The van der Waals surface area contributed by atoms with E-state index in [4.69, 9.17) is 4.74 Å². The number of hydrogen-bond donors (Lipinski definition) is 2.